The molecule has 2 N–H and O–H groups in total. The maximum atomic E-state index is 11.9. The van der Waals surface area contributed by atoms with Crippen molar-refractivity contribution in [2.24, 2.45) is 0 Å². The summed E-state index contributed by atoms with van der Waals surface area (Å²) < 4.78 is 5.82. The molecular weight excluding hydrogens is 264 g/mol. The van der Waals surface area contributed by atoms with Crippen LogP contribution in [0.25, 0.3) is 0 Å². The lowest BCUT2D eigenvalue weighted by molar-refractivity contribution is -0.141. The van der Waals surface area contributed by atoms with Crippen LogP contribution in [0, 0.1) is 0 Å². The number of methoxy groups -OCH3 is 1. The molecule has 0 aliphatic carbocycles. The molecular formula is C12H12N4O4. The molecule has 20 heavy (non-hydrogen) atoms. The first-order valence-electron chi connectivity index (χ1n) is 5.64. The third-order valence-electron chi connectivity index (χ3n) is 2.41. The van der Waals surface area contributed by atoms with E-state index in [2.05, 4.69) is 20.1 Å². The summed E-state index contributed by atoms with van der Waals surface area (Å²) in [7, 11) is 1.28. The van der Waals surface area contributed by atoms with Crippen molar-refractivity contribution >= 4 is 17.6 Å². The summed E-state index contributed by atoms with van der Waals surface area (Å²) in [5.41, 5.74) is 0.289. The molecule has 0 unspecified atom stereocenters. The Hall–Kier alpha value is -2.90. The average Bonchev–Trinajstić information content (AvgIpc) is 2.86. The van der Waals surface area contributed by atoms with Crippen molar-refractivity contribution in [2.45, 2.75) is 6.54 Å². The highest BCUT2D eigenvalue weighted by molar-refractivity contribution is 6.04. The Morgan fingerprint density at radius 1 is 1.50 bits per heavy atom. The quantitative estimate of drug-likeness (QED) is 0.783. The molecule has 2 aromatic heterocycles. The highest BCUT2D eigenvalue weighted by Crippen LogP contribution is 2.15. The van der Waals surface area contributed by atoms with E-state index in [9.17, 15) is 14.7 Å². The monoisotopic (exact) mass is 276 g/mol. The van der Waals surface area contributed by atoms with Crippen LogP contribution >= 0.6 is 0 Å². The Bertz CT molecular complexity index is 638. The molecule has 0 aliphatic heterocycles. The predicted molar refractivity (Wildman–Crippen MR) is 68.1 cm³/mol. The fourth-order valence-electron chi connectivity index (χ4n) is 1.47. The normalized spacial score (nSPS) is 10.1. The largest absolute Gasteiger partial charge is 0.505 e. The third kappa shape index (κ3) is 3.10. The molecule has 0 fully saturated rings. The first-order chi connectivity index (χ1) is 9.60. The van der Waals surface area contributed by atoms with Gasteiger partial charge in [-0.25, -0.2) is 4.98 Å². The van der Waals surface area contributed by atoms with Gasteiger partial charge in [-0.05, 0) is 12.1 Å². The molecule has 0 aromatic carbocycles. The fourth-order valence-corrected chi connectivity index (χ4v) is 1.47. The van der Waals surface area contributed by atoms with E-state index in [1.807, 2.05) is 0 Å². The number of hydrogen-bond acceptors (Lipinski definition) is 6. The zero-order chi connectivity index (χ0) is 14.5. The van der Waals surface area contributed by atoms with E-state index < -0.39 is 11.9 Å². The van der Waals surface area contributed by atoms with E-state index in [1.54, 1.807) is 0 Å². The van der Waals surface area contributed by atoms with Gasteiger partial charge in [-0.1, -0.05) is 0 Å². The molecule has 8 nitrogen and oxygen atoms in total. The zero-order valence-corrected chi connectivity index (χ0v) is 10.6. The minimum absolute atomic E-state index is 0.0544. The molecule has 8 heteroatoms. The summed E-state index contributed by atoms with van der Waals surface area (Å²) in [6, 6.07) is 2.88. The van der Waals surface area contributed by atoms with Crippen LogP contribution in [0.15, 0.2) is 30.7 Å². The summed E-state index contributed by atoms with van der Waals surface area (Å²) in [5.74, 6) is -1.24. The van der Waals surface area contributed by atoms with Crippen LogP contribution in [0.2, 0.25) is 0 Å². The van der Waals surface area contributed by atoms with Crippen molar-refractivity contribution in [3.05, 3.63) is 36.4 Å². The second kappa shape index (κ2) is 5.83. The van der Waals surface area contributed by atoms with Crippen molar-refractivity contribution in [1.82, 2.24) is 14.8 Å². The van der Waals surface area contributed by atoms with Crippen LogP contribution in [0.4, 0.5) is 5.69 Å². The van der Waals surface area contributed by atoms with Crippen LogP contribution in [0.3, 0.4) is 0 Å². The van der Waals surface area contributed by atoms with E-state index in [4.69, 9.17) is 0 Å². The molecule has 0 saturated carbocycles. The number of amides is 1. The van der Waals surface area contributed by atoms with Gasteiger partial charge in [0.15, 0.2) is 5.69 Å². The molecule has 0 aliphatic rings. The number of anilines is 1. The molecule has 0 radical (unpaired) electrons. The van der Waals surface area contributed by atoms with Gasteiger partial charge in [0.05, 0.1) is 19.0 Å². The maximum Gasteiger partial charge on any atom is 0.327 e. The zero-order valence-electron chi connectivity index (χ0n) is 10.6. The van der Waals surface area contributed by atoms with E-state index in [-0.39, 0.29) is 18.0 Å². The van der Waals surface area contributed by atoms with Crippen molar-refractivity contribution < 1.29 is 19.4 Å². The number of ether oxygens (including phenoxy) is 1. The highest BCUT2D eigenvalue weighted by atomic mass is 16.5. The number of aromatic hydroxyl groups is 1. The number of nitrogens with one attached hydrogen (secondary N) is 1. The number of pyridine rings is 1. The lowest BCUT2D eigenvalue weighted by Crippen LogP contribution is -2.14. The maximum absolute atomic E-state index is 11.9. The van der Waals surface area contributed by atoms with E-state index >= 15 is 0 Å². The lowest BCUT2D eigenvalue weighted by atomic mass is 10.3. The Morgan fingerprint density at radius 2 is 2.30 bits per heavy atom. The number of carbonyl (C=O) groups is 2. The van der Waals surface area contributed by atoms with Gasteiger partial charge in [0.1, 0.15) is 12.3 Å². The molecule has 0 atom stereocenters. The van der Waals surface area contributed by atoms with Crippen molar-refractivity contribution in [1.29, 1.82) is 0 Å². The van der Waals surface area contributed by atoms with Crippen LogP contribution in [0.1, 0.15) is 10.5 Å². The third-order valence-corrected chi connectivity index (χ3v) is 2.41. The Labute approximate surface area is 114 Å². The fraction of sp³-hybridized carbons (Fsp3) is 0.167. The molecule has 0 spiro atoms. The standard InChI is InChI=1S/C12H12N4O4/c1-20-10(18)7-16-6-8(5-14-16)15-12(19)11-9(17)3-2-4-13-11/h2-6,17H,7H2,1H3,(H,15,19). The molecule has 0 bridgehead atoms. The smallest absolute Gasteiger partial charge is 0.327 e. The van der Waals surface area contributed by atoms with Crippen molar-refractivity contribution in [3.8, 4) is 5.75 Å². The lowest BCUT2D eigenvalue weighted by Gasteiger charge is -2.03. The first kappa shape index (κ1) is 13.5. The second-order valence-corrected chi connectivity index (χ2v) is 3.83. The van der Waals surface area contributed by atoms with E-state index in [1.165, 1.54) is 42.5 Å². The van der Waals surface area contributed by atoms with Crippen LogP contribution in [-0.2, 0) is 16.1 Å². The number of nitrogens with zero attached hydrogens (tertiary/aromatic N) is 3. The molecule has 2 aromatic rings. The summed E-state index contributed by atoms with van der Waals surface area (Å²) >= 11 is 0. The molecule has 2 rings (SSSR count). The first-order valence-corrected chi connectivity index (χ1v) is 5.64. The summed E-state index contributed by atoms with van der Waals surface area (Å²) in [4.78, 5) is 26.7. The molecule has 1 amide bonds. The van der Waals surface area contributed by atoms with Crippen LogP contribution < -0.4 is 5.32 Å². The van der Waals surface area contributed by atoms with E-state index in [0.717, 1.165) is 0 Å². The van der Waals surface area contributed by atoms with Gasteiger partial charge in [-0.3, -0.25) is 14.3 Å². The number of carbonyl (C=O) groups excluding carboxylic acids is 2. The Kier molecular flexibility index (Phi) is 3.94. The minimum atomic E-state index is -0.569. The summed E-state index contributed by atoms with van der Waals surface area (Å²) in [6.45, 7) is -0.0544. The van der Waals surface area contributed by atoms with Crippen molar-refractivity contribution in [2.75, 3.05) is 12.4 Å². The van der Waals surface area contributed by atoms with Crippen molar-refractivity contribution in [3.63, 3.8) is 0 Å². The van der Waals surface area contributed by atoms with Crippen LogP contribution in [-0.4, -0.2) is 38.9 Å². The van der Waals surface area contributed by atoms with E-state index in [0.29, 0.717) is 5.69 Å². The van der Waals surface area contributed by atoms with Gasteiger partial charge in [0, 0.05) is 12.4 Å². The van der Waals surface area contributed by atoms with Gasteiger partial charge >= 0.3 is 5.97 Å². The SMILES string of the molecule is COC(=O)Cn1cc(NC(=O)c2ncccc2O)cn1. The number of rotatable bonds is 4. The van der Waals surface area contributed by atoms with Gasteiger partial charge in [0.2, 0.25) is 0 Å². The topological polar surface area (TPSA) is 106 Å². The summed E-state index contributed by atoms with van der Waals surface area (Å²) in [5, 5.41) is 15.9. The average molecular weight is 276 g/mol. The van der Waals surface area contributed by atoms with Gasteiger partial charge in [0.25, 0.3) is 5.91 Å². The van der Waals surface area contributed by atoms with Gasteiger partial charge in [-0.2, -0.15) is 5.10 Å². The minimum Gasteiger partial charge on any atom is -0.505 e. The Balaban J connectivity index is 2.05. The summed E-state index contributed by atoms with van der Waals surface area (Å²) in [6.07, 6.45) is 4.24. The molecule has 0 saturated heterocycles. The number of aromatic nitrogens is 3. The highest BCUT2D eigenvalue weighted by Gasteiger charge is 2.13. The molecule has 104 valence electrons. The predicted octanol–water partition coefficient (Wildman–Crippen LogP) is 0.409. The number of hydrogen-bond donors (Lipinski definition) is 2. The Morgan fingerprint density at radius 3 is 3.00 bits per heavy atom. The van der Waals surface area contributed by atoms with Crippen LogP contribution in [0.5, 0.6) is 5.75 Å². The number of esters is 1. The van der Waals surface area contributed by atoms with Gasteiger partial charge < -0.3 is 15.2 Å². The second-order valence-electron chi connectivity index (χ2n) is 3.83. The molecule has 2 heterocycles. The van der Waals surface area contributed by atoms with Gasteiger partial charge in [-0.15, -0.1) is 0 Å².